The van der Waals surface area contributed by atoms with Gasteiger partial charge in [0.25, 0.3) is 6.43 Å². The Morgan fingerprint density at radius 1 is 1.39 bits per heavy atom. The zero-order valence-corrected chi connectivity index (χ0v) is 9.48. The predicted octanol–water partition coefficient (Wildman–Crippen LogP) is 2.85. The van der Waals surface area contributed by atoms with Crippen molar-refractivity contribution in [3.63, 3.8) is 0 Å². The lowest BCUT2D eigenvalue weighted by molar-refractivity contribution is -0.131. The first-order valence-electron chi connectivity index (χ1n) is 5.31. The Morgan fingerprint density at radius 2 is 2.11 bits per heavy atom. The van der Waals surface area contributed by atoms with Gasteiger partial charge < -0.3 is 9.90 Å². The van der Waals surface area contributed by atoms with Crippen LogP contribution in [0.5, 0.6) is 0 Å². The topological polar surface area (TPSA) is 54.4 Å². The summed E-state index contributed by atoms with van der Waals surface area (Å²) in [4.78, 5) is 20.8. The van der Waals surface area contributed by atoms with Crippen LogP contribution in [-0.2, 0) is 16.0 Å². The van der Waals surface area contributed by atoms with Gasteiger partial charge in [-0.2, -0.15) is 0 Å². The van der Waals surface area contributed by atoms with E-state index in [9.17, 15) is 18.4 Å². The summed E-state index contributed by atoms with van der Waals surface area (Å²) in [5.41, 5.74) is 0.491. The number of hydrogen-bond acceptors (Lipinski definition) is 2. The summed E-state index contributed by atoms with van der Waals surface area (Å²) in [5.74, 6) is -1.21. The lowest BCUT2D eigenvalue weighted by Crippen LogP contribution is -1.98. The summed E-state index contributed by atoms with van der Waals surface area (Å²) in [7, 11) is 0. The first-order valence-corrected chi connectivity index (χ1v) is 5.31. The first kappa shape index (κ1) is 14.0. The van der Waals surface area contributed by atoms with Crippen LogP contribution in [0.2, 0.25) is 0 Å². The van der Waals surface area contributed by atoms with E-state index >= 15 is 0 Å². The number of aryl methyl sites for hydroxylation is 1. The molecule has 0 saturated carbocycles. The molecule has 0 aliphatic carbocycles. The van der Waals surface area contributed by atoms with E-state index < -0.39 is 12.4 Å². The van der Waals surface area contributed by atoms with Crippen LogP contribution in [0.3, 0.4) is 0 Å². The maximum absolute atomic E-state index is 12.8. The van der Waals surface area contributed by atoms with Crippen LogP contribution < -0.4 is 0 Å². The molecule has 0 saturated heterocycles. The molecule has 1 N–H and O–H groups in total. The highest BCUT2D eigenvalue weighted by Crippen LogP contribution is 2.27. The minimum Gasteiger partial charge on any atom is -0.478 e. The van der Waals surface area contributed by atoms with E-state index in [1.165, 1.54) is 12.1 Å². The molecule has 5 heteroatoms. The molecule has 18 heavy (non-hydrogen) atoms. The molecule has 96 valence electrons. The average Bonchev–Trinajstić information content (AvgIpc) is 2.33. The van der Waals surface area contributed by atoms with E-state index in [1.54, 1.807) is 6.07 Å². The molecule has 1 aromatic rings. The zero-order chi connectivity index (χ0) is 13.5. The number of aliphatic carboxylic acids is 1. The van der Waals surface area contributed by atoms with Crippen LogP contribution in [0, 0.1) is 0 Å². The third kappa shape index (κ3) is 3.76. The Morgan fingerprint density at radius 3 is 2.67 bits per heavy atom. The minimum atomic E-state index is -2.69. The highest BCUT2D eigenvalue weighted by atomic mass is 19.3. The lowest BCUT2D eigenvalue weighted by atomic mass is 9.97. The van der Waals surface area contributed by atoms with E-state index in [1.807, 2.05) is 0 Å². The first-order chi connectivity index (χ1) is 8.56. The van der Waals surface area contributed by atoms with Crippen molar-refractivity contribution in [3.05, 3.63) is 41.0 Å². The molecule has 0 unspecified atom stereocenters. The summed E-state index contributed by atoms with van der Waals surface area (Å²) in [6.45, 7) is 0. The quantitative estimate of drug-likeness (QED) is 0.627. The van der Waals surface area contributed by atoms with Crippen molar-refractivity contribution < 1.29 is 23.5 Å². The summed E-state index contributed by atoms with van der Waals surface area (Å²) < 4.78 is 25.6. The fourth-order valence-electron chi connectivity index (χ4n) is 1.61. The zero-order valence-electron chi connectivity index (χ0n) is 9.48. The molecule has 0 spiro atoms. The second-order valence-corrected chi connectivity index (χ2v) is 3.60. The third-order valence-corrected chi connectivity index (χ3v) is 2.39. The summed E-state index contributed by atoms with van der Waals surface area (Å²) in [6, 6.07) is 4.33. The number of aldehydes is 1. The van der Waals surface area contributed by atoms with Gasteiger partial charge in [0.05, 0.1) is 0 Å². The Bertz CT molecular complexity index is 467. The van der Waals surface area contributed by atoms with Crippen LogP contribution in [0.4, 0.5) is 8.78 Å². The summed E-state index contributed by atoms with van der Waals surface area (Å²) in [6.07, 6.45) is 0.480. The molecule has 0 aliphatic heterocycles. The van der Waals surface area contributed by atoms with Crippen molar-refractivity contribution in [2.24, 2.45) is 0 Å². The van der Waals surface area contributed by atoms with Crippen molar-refractivity contribution in [2.45, 2.75) is 19.3 Å². The number of benzene rings is 1. The van der Waals surface area contributed by atoms with E-state index in [-0.39, 0.29) is 17.5 Å². The monoisotopic (exact) mass is 254 g/mol. The number of halogens is 2. The number of carbonyl (C=O) groups excluding carboxylic acids is 1. The van der Waals surface area contributed by atoms with Gasteiger partial charge in [-0.05, 0) is 23.6 Å². The van der Waals surface area contributed by atoms with Crippen LogP contribution in [0.25, 0.3) is 6.08 Å². The normalized spacial score (nSPS) is 11.1. The number of carboxylic acids is 1. The molecule has 1 rings (SSSR count). The number of rotatable bonds is 6. The number of carboxylic acid groups (broad SMARTS) is 1. The van der Waals surface area contributed by atoms with Crippen LogP contribution in [-0.4, -0.2) is 17.4 Å². The Balaban J connectivity index is 3.19. The smallest absolute Gasteiger partial charge is 0.328 e. The van der Waals surface area contributed by atoms with Gasteiger partial charge in [-0.25, -0.2) is 13.6 Å². The van der Waals surface area contributed by atoms with Crippen molar-refractivity contribution in [2.75, 3.05) is 0 Å². The van der Waals surface area contributed by atoms with Gasteiger partial charge in [0, 0.05) is 18.1 Å². The fourth-order valence-corrected chi connectivity index (χ4v) is 1.61. The van der Waals surface area contributed by atoms with Crippen molar-refractivity contribution in [1.82, 2.24) is 0 Å². The highest BCUT2D eigenvalue weighted by Gasteiger charge is 2.14. The molecule has 0 amide bonds. The maximum Gasteiger partial charge on any atom is 0.328 e. The molecule has 0 aliphatic rings. The van der Waals surface area contributed by atoms with E-state index in [2.05, 4.69) is 0 Å². The third-order valence-electron chi connectivity index (χ3n) is 2.39. The molecule has 0 radical (unpaired) electrons. The van der Waals surface area contributed by atoms with Crippen molar-refractivity contribution >= 4 is 18.3 Å². The van der Waals surface area contributed by atoms with Gasteiger partial charge in [0.15, 0.2) is 0 Å². The van der Waals surface area contributed by atoms with Crippen molar-refractivity contribution in [3.8, 4) is 0 Å². The molecule has 3 nitrogen and oxygen atoms in total. The van der Waals surface area contributed by atoms with Gasteiger partial charge in [-0.3, -0.25) is 0 Å². The average molecular weight is 254 g/mol. The van der Waals surface area contributed by atoms with Gasteiger partial charge in [0.2, 0.25) is 0 Å². The summed E-state index contributed by atoms with van der Waals surface area (Å²) >= 11 is 0. The van der Waals surface area contributed by atoms with E-state index in [0.717, 1.165) is 12.2 Å². The number of carbonyl (C=O) groups is 2. The van der Waals surface area contributed by atoms with Gasteiger partial charge in [-0.15, -0.1) is 0 Å². The van der Waals surface area contributed by atoms with E-state index in [0.29, 0.717) is 18.3 Å². The molecular weight excluding hydrogens is 242 g/mol. The van der Waals surface area contributed by atoms with Gasteiger partial charge >= 0.3 is 5.97 Å². The maximum atomic E-state index is 12.8. The molecule has 0 bridgehead atoms. The summed E-state index contributed by atoms with van der Waals surface area (Å²) in [5, 5.41) is 8.54. The molecular formula is C13H12F2O3. The molecule has 0 aromatic heterocycles. The Kier molecular flexibility index (Phi) is 5.17. The Labute approximate surface area is 103 Å². The Hall–Kier alpha value is -2.04. The second kappa shape index (κ2) is 6.64. The second-order valence-electron chi connectivity index (χ2n) is 3.60. The highest BCUT2D eigenvalue weighted by molar-refractivity contribution is 5.86. The number of hydrogen-bond donors (Lipinski definition) is 1. The van der Waals surface area contributed by atoms with E-state index in [4.69, 9.17) is 5.11 Å². The lowest BCUT2D eigenvalue weighted by Gasteiger charge is -2.10. The van der Waals surface area contributed by atoms with Crippen LogP contribution in [0.1, 0.15) is 29.5 Å². The SMILES string of the molecule is O=CCCc1cccc(C(F)F)c1/C=C/C(=O)O. The largest absolute Gasteiger partial charge is 0.478 e. The van der Waals surface area contributed by atoms with Crippen LogP contribution in [0.15, 0.2) is 24.3 Å². The minimum absolute atomic E-state index is 0.178. The number of alkyl halides is 2. The molecule has 0 fully saturated rings. The molecule has 0 atom stereocenters. The standard InChI is InChI=1S/C13H12F2O3/c14-13(15)11-5-1-3-9(4-2-8-16)10(11)6-7-12(17)18/h1,3,5-8,13H,2,4H2,(H,17,18)/b7-6+. The molecule has 0 heterocycles. The van der Waals surface area contributed by atoms with Gasteiger partial charge in [0.1, 0.15) is 6.29 Å². The van der Waals surface area contributed by atoms with Gasteiger partial charge in [-0.1, -0.05) is 18.2 Å². The van der Waals surface area contributed by atoms with Crippen molar-refractivity contribution in [1.29, 1.82) is 0 Å². The van der Waals surface area contributed by atoms with Crippen LogP contribution >= 0.6 is 0 Å². The predicted molar refractivity (Wildman–Crippen MR) is 62.5 cm³/mol. The fraction of sp³-hybridized carbons (Fsp3) is 0.231. The molecule has 1 aromatic carbocycles.